The lowest BCUT2D eigenvalue weighted by Crippen LogP contribution is -2.58. The number of rotatable bonds is 33. The number of carboxylic acids is 3. The summed E-state index contributed by atoms with van der Waals surface area (Å²) in [7, 11) is 0. The van der Waals surface area contributed by atoms with Gasteiger partial charge in [-0.25, -0.2) is 0 Å². The Labute approximate surface area is 276 Å². The van der Waals surface area contributed by atoms with Crippen molar-refractivity contribution in [2.45, 2.75) is 169 Å². The molecule has 3 unspecified atom stereocenters. The first-order valence-electron chi connectivity index (χ1n) is 18.8. The number of nitrogens with zero attached hydrogens (tertiary/aromatic N) is 1. The van der Waals surface area contributed by atoms with E-state index in [1.54, 1.807) is 0 Å². The number of aliphatic carboxylic acids is 3. The van der Waals surface area contributed by atoms with E-state index in [1.807, 2.05) is 20.8 Å². The second-order valence-corrected chi connectivity index (χ2v) is 13.6. The van der Waals surface area contributed by atoms with Gasteiger partial charge < -0.3 is 19.8 Å². The molecule has 0 bridgehead atoms. The van der Waals surface area contributed by atoms with E-state index in [1.165, 1.54) is 103 Å². The van der Waals surface area contributed by atoms with Gasteiger partial charge >= 0.3 is 17.9 Å². The summed E-state index contributed by atoms with van der Waals surface area (Å²) in [4.78, 5) is 36.0. The van der Waals surface area contributed by atoms with Gasteiger partial charge in [0.25, 0.3) is 0 Å². The molecule has 0 aromatic rings. The van der Waals surface area contributed by atoms with Gasteiger partial charge in [-0.05, 0) is 51.4 Å². The van der Waals surface area contributed by atoms with E-state index in [0.29, 0.717) is 25.8 Å². The van der Waals surface area contributed by atoms with Crippen LogP contribution in [0, 0.1) is 17.8 Å². The Morgan fingerprint density at radius 1 is 0.467 bits per heavy atom. The van der Waals surface area contributed by atoms with Crippen LogP contribution in [0.25, 0.3) is 0 Å². The highest BCUT2D eigenvalue weighted by atomic mass is 16.4. The number of carbonyl (C=O) groups is 3. The molecule has 0 aliphatic rings. The van der Waals surface area contributed by atoms with Crippen molar-refractivity contribution in [2.24, 2.45) is 17.8 Å². The quantitative estimate of drug-likeness (QED) is 0.0375. The van der Waals surface area contributed by atoms with E-state index in [0.717, 1.165) is 19.3 Å². The number of allylic oxidation sites excluding steroid dienone is 2. The topological polar surface area (TPSA) is 112 Å². The van der Waals surface area contributed by atoms with E-state index in [4.69, 9.17) is 0 Å². The van der Waals surface area contributed by atoms with Crippen LogP contribution in [0.5, 0.6) is 0 Å². The van der Waals surface area contributed by atoms with Crippen molar-refractivity contribution in [2.75, 3.05) is 26.2 Å². The summed E-state index contributed by atoms with van der Waals surface area (Å²) in [6.07, 6.45) is 29.9. The van der Waals surface area contributed by atoms with Crippen LogP contribution in [0.2, 0.25) is 0 Å². The maximum Gasteiger partial charge on any atom is 0.312 e. The molecule has 0 rings (SSSR count). The van der Waals surface area contributed by atoms with Crippen molar-refractivity contribution >= 4 is 17.9 Å². The monoisotopic (exact) mass is 639 g/mol. The molecule has 0 aliphatic heterocycles. The normalized spacial score (nSPS) is 15.1. The minimum absolute atomic E-state index is 0.261. The van der Waals surface area contributed by atoms with Gasteiger partial charge in [0.15, 0.2) is 0 Å². The number of hydrogen-bond donors (Lipinski definition) is 3. The third-order valence-corrected chi connectivity index (χ3v) is 9.74. The van der Waals surface area contributed by atoms with E-state index >= 15 is 0 Å². The first-order chi connectivity index (χ1) is 21.7. The van der Waals surface area contributed by atoms with Crippen molar-refractivity contribution in [3.05, 3.63) is 12.2 Å². The smallest absolute Gasteiger partial charge is 0.312 e. The van der Waals surface area contributed by atoms with Gasteiger partial charge in [-0.1, -0.05) is 130 Å². The molecule has 0 heterocycles. The summed E-state index contributed by atoms with van der Waals surface area (Å²) in [5.74, 6) is -4.50. The van der Waals surface area contributed by atoms with E-state index in [-0.39, 0.29) is 24.1 Å². The van der Waals surface area contributed by atoms with Gasteiger partial charge in [-0.3, -0.25) is 14.4 Å². The fourth-order valence-electron chi connectivity index (χ4n) is 6.61. The molecule has 7 heteroatoms. The molecule has 0 saturated heterocycles. The predicted molar refractivity (Wildman–Crippen MR) is 187 cm³/mol. The number of carboxylic acid groups (broad SMARTS) is 3. The van der Waals surface area contributed by atoms with Gasteiger partial charge in [-0.15, -0.1) is 0 Å². The molecule has 3 atom stereocenters. The lowest BCUT2D eigenvalue weighted by Gasteiger charge is -2.43. The first kappa shape index (κ1) is 43.1. The fraction of sp³-hybridized carbons (Fsp3) is 0.868. The Kier molecular flexibility index (Phi) is 27.2. The fourth-order valence-corrected chi connectivity index (χ4v) is 6.61. The largest absolute Gasteiger partial charge is 0.481 e. The number of quaternary nitrogens is 1. The summed E-state index contributed by atoms with van der Waals surface area (Å²) < 4.78 is 0.261. The van der Waals surface area contributed by atoms with E-state index < -0.39 is 35.7 Å². The maximum atomic E-state index is 12.0. The molecule has 7 nitrogen and oxygen atoms in total. The van der Waals surface area contributed by atoms with Crippen molar-refractivity contribution in [3.63, 3.8) is 0 Å². The minimum atomic E-state index is -0.886. The molecule has 3 N–H and O–H groups in total. The summed E-state index contributed by atoms with van der Waals surface area (Å²) in [6, 6.07) is 0. The summed E-state index contributed by atoms with van der Waals surface area (Å²) >= 11 is 0. The highest BCUT2D eigenvalue weighted by Crippen LogP contribution is 2.25. The van der Waals surface area contributed by atoms with Crippen molar-refractivity contribution < 1.29 is 34.2 Å². The Bertz CT molecular complexity index is 722. The van der Waals surface area contributed by atoms with Crippen LogP contribution >= 0.6 is 0 Å². The average molecular weight is 639 g/mol. The van der Waals surface area contributed by atoms with Crippen LogP contribution in [-0.2, 0) is 14.4 Å². The Morgan fingerprint density at radius 2 is 0.756 bits per heavy atom. The van der Waals surface area contributed by atoms with Crippen LogP contribution in [0.4, 0.5) is 0 Å². The standard InChI is InChI=1S/C38H71NO6/c1-5-9-10-11-12-13-14-15-16-17-18-19-20-21-22-23-24-25-26-27-28-29-39(30-33(6-2)36(40)41,31-34(7-3)37(42)43)32-35(8-4)38(44)45/h11-12,33-35H,5-10,13-32H2,1-4H3,(H2-,40,41,42,43,44,45)/p+1/b12-11+. The van der Waals surface area contributed by atoms with Gasteiger partial charge in [-0.2, -0.15) is 0 Å². The predicted octanol–water partition coefficient (Wildman–Crippen LogP) is 10.1. The second-order valence-electron chi connectivity index (χ2n) is 13.6. The van der Waals surface area contributed by atoms with Gasteiger partial charge in [0.1, 0.15) is 17.8 Å². The zero-order valence-electron chi connectivity index (χ0n) is 29.8. The molecular formula is C38H72NO6+. The van der Waals surface area contributed by atoms with Gasteiger partial charge in [0.05, 0.1) is 26.2 Å². The average Bonchev–Trinajstić information content (AvgIpc) is 3.01. The Hall–Kier alpha value is -1.89. The van der Waals surface area contributed by atoms with Crippen molar-refractivity contribution in [3.8, 4) is 0 Å². The molecule has 0 saturated carbocycles. The molecule has 0 spiro atoms. The molecule has 264 valence electrons. The molecular weight excluding hydrogens is 566 g/mol. The number of hydrogen-bond acceptors (Lipinski definition) is 3. The third-order valence-electron chi connectivity index (χ3n) is 9.74. The van der Waals surface area contributed by atoms with E-state index in [9.17, 15) is 29.7 Å². The van der Waals surface area contributed by atoms with Gasteiger partial charge in [0.2, 0.25) is 0 Å². The van der Waals surface area contributed by atoms with Crippen molar-refractivity contribution in [1.82, 2.24) is 0 Å². The van der Waals surface area contributed by atoms with Crippen LogP contribution in [0.1, 0.15) is 169 Å². The zero-order valence-corrected chi connectivity index (χ0v) is 29.8. The Balaban J connectivity index is 4.47. The highest BCUT2D eigenvalue weighted by molar-refractivity contribution is 5.71. The zero-order chi connectivity index (χ0) is 33.8. The summed E-state index contributed by atoms with van der Waals surface area (Å²) in [5.41, 5.74) is 0. The highest BCUT2D eigenvalue weighted by Gasteiger charge is 2.40. The molecule has 0 amide bonds. The van der Waals surface area contributed by atoms with Gasteiger partial charge in [0, 0.05) is 0 Å². The first-order valence-corrected chi connectivity index (χ1v) is 18.8. The number of unbranched alkanes of at least 4 members (excludes halogenated alkanes) is 17. The third kappa shape index (κ3) is 22.3. The Morgan fingerprint density at radius 3 is 1.04 bits per heavy atom. The lowest BCUT2D eigenvalue weighted by molar-refractivity contribution is -0.935. The van der Waals surface area contributed by atoms with Crippen LogP contribution < -0.4 is 0 Å². The molecule has 45 heavy (non-hydrogen) atoms. The SMILES string of the molecule is CCCC/C=C/CCCCCCCCCCCCCCCCC[N+](CC(CC)C(=O)O)(CC(CC)C(=O)O)CC(CC)C(=O)O. The van der Waals surface area contributed by atoms with Crippen molar-refractivity contribution in [1.29, 1.82) is 0 Å². The molecule has 0 aromatic heterocycles. The molecule has 0 fully saturated rings. The van der Waals surface area contributed by atoms with Crippen LogP contribution in [0.3, 0.4) is 0 Å². The minimum Gasteiger partial charge on any atom is -0.481 e. The summed E-state index contributed by atoms with van der Waals surface area (Å²) in [5, 5.41) is 29.5. The van der Waals surface area contributed by atoms with E-state index in [2.05, 4.69) is 19.1 Å². The van der Waals surface area contributed by atoms with Crippen LogP contribution in [0.15, 0.2) is 12.2 Å². The molecule has 0 aromatic carbocycles. The summed E-state index contributed by atoms with van der Waals surface area (Å²) in [6.45, 7) is 9.26. The lowest BCUT2D eigenvalue weighted by atomic mass is 9.95. The second kappa shape index (κ2) is 28.3. The molecule has 0 radical (unpaired) electrons. The van der Waals surface area contributed by atoms with Crippen LogP contribution in [-0.4, -0.2) is 63.9 Å². The molecule has 0 aliphatic carbocycles. The maximum absolute atomic E-state index is 12.0.